The van der Waals surface area contributed by atoms with Crippen LogP contribution < -0.4 is 4.90 Å². The van der Waals surface area contributed by atoms with E-state index in [1.807, 2.05) is 0 Å². The third-order valence-electron chi connectivity index (χ3n) is 10.9. The van der Waals surface area contributed by atoms with Gasteiger partial charge >= 0.3 is 0 Å². The summed E-state index contributed by atoms with van der Waals surface area (Å²) in [6, 6.07) is 81.3. The molecule has 10 aromatic carbocycles. The van der Waals surface area contributed by atoms with Crippen LogP contribution in [0.3, 0.4) is 0 Å². The van der Waals surface area contributed by atoms with Crippen molar-refractivity contribution in [1.29, 1.82) is 0 Å². The number of hydrogen-bond acceptors (Lipinski definition) is 1. The Kier molecular flexibility index (Phi) is 8.24. The molecule has 55 heavy (non-hydrogen) atoms. The lowest BCUT2D eigenvalue weighted by molar-refractivity contribution is 1.28. The zero-order valence-corrected chi connectivity index (χ0v) is 30.3. The molecule has 258 valence electrons. The van der Waals surface area contributed by atoms with Crippen molar-refractivity contribution < 1.29 is 0 Å². The second-order valence-electron chi connectivity index (χ2n) is 14.1. The standard InChI is InChI=1S/C54H37N/c1-2-21-45(22-3-1)55(47-35-31-41(32-36-47)49-25-9-15-39-13-4-6-23-48(39)49)46-33-29-38(30-34-46)43-19-8-20-44(37-43)51-26-11-17-42-18-12-28-53(54(42)51)52-27-10-16-40-14-5-7-24-50(40)52/h1-37H. The molecule has 0 aliphatic carbocycles. The van der Waals surface area contributed by atoms with E-state index in [-0.39, 0.29) is 0 Å². The van der Waals surface area contributed by atoms with Crippen molar-refractivity contribution in [2.75, 3.05) is 4.90 Å². The molecule has 0 unspecified atom stereocenters. The zero-order valence-electron chi connectivity index (χ0n) is 30.3. The minimum absolute atomic E-state index is 1.11. The summed E-state index contributed by atoms with van der Waals surface area (Å²) >= 11 is 0. The van der Waals surface area contributed by atoms with Gasteiger partial charge in [-0.15, -0.1) is 0 Å². The molecule has 0 aromatic heterocycles. The molecule has 0 heterocycles. The van der Waals surface area contributed by atoms with Crippen molar-refractivity contribution in [2.24, 2.45) is 0 Å². The molecule has 0 N–H and O–H groups in total. The maximum Gasteiger partial charge on any atom is 0.0462 e. The molecule has 0 bridgehead atoms. The lowest BCUT2D eigenvalue weighted by atomic mass is 9.89. The Hall–Kier alpha value is -7.22. The predicted octanol–water partition coefficient (Wildman–Crippen LogP) is 15.3. The van der Waals surface area contributed by atoms with E-state index in [9.17, 15) is 0 Å². The molecular formula is C54H37N. The van der Waals surface area contributed by atoms with Gasteiger partial charge in [-0.25, -0.2) is 0 Å². The molecule has 0 aliphatic heterocycles. The van der Waals surface area contributed by atoms with E-state index in [1.165, 1.54) is 76.8 Å². The topological polar surface area (TPSA) is 3.24 Å². The molecule has 10 rings (SSSR count). The van der Waals surface area contributed by atoms with Crippen molar-refractivity contribution in [3.63, 3.8) is 0 Å². The van der Waals surface area contributed by atoms with Gasteiger partial charge < -0.3 is 4.90 Å². The lowest BCUT2D eigenvalue weighted by Gasteiger charge is -2.26. The Morgan fingerprint density at radius 1 is 0.236 bits per heavy atom. The fraction of sp³-hybridized carbons (Fsp3) is 0. The normalized spacial score (nSPS) is 11.3. The van der Waals surface area contributed by atoms with Crippen LogP contribution in [-0.2, 0) is 0 Å². The van der Waals surface area contributed by atoms with E-state index in [0.717, 1.165) is 17.1 Å². The van der Waals surface area contributed by atoms with Crippen LogP contribution in [0.4, 0.5) is 17.1 Å². The van der Waals surface area contributed by atoms with Gasteiger partial charge in [-0.05, 0) is 119 Å². The number of anilines is 3. The van der Waals surface area contributed by atoms with Crippen LogP contribution in [0, 0.1) is 0 Å². The van der Waals surface area contributed by atoms with E-state index >= 15 is 0 Å². The highest BCUT2D eigenvalue weighted by atomic mass is 15.1. The molecule has 0 aliphatic rings. The van der Waals surface area contributed by atoms with Gasteiger partial charge in [-0.1, -0.05) is 182 Å². The Labute approximate surface area is 322 Å². The SMILES string of the molecule is c1ccc(N(c2ccc(-c3cccc(-c4cccc5cccc(-c6cccc7ccccc67)c45)c3)cc2)c2ccc(-c3cccc4ccccc34)cc2)cc1. The second-order valence-corrected chi connectivity index (χ2v) is 14.1. The van der Waals surface area contributed by atoms with Gasteiger partial charge in [0.2, 0.25) is 0 Å². The molecule has 0 saturated carbocycles. The summed E-state index contributed by atoms with van der Waals surface area (Å²) in [5.74, 6) is 0. The summed E-state index contributed by atoms with van der Waals surface area (Å²) < 4.78 is 0. The smallest absolute Gasteiger partial charge is 0.0462 e. The van der Waals surface area contributed by atoms with Gasteiger partial charge in [0, 0.05) is 17.1 Å². The third-order valence-corrected chi connectivity index (χ3v) is 10.9. The molecule has 0 saturated heterocycles. The van der Waals surface area contributed by atoms with Crippen molar-refractivity contribution in [1.82, 2.24) is 0 Å². The first kappa shape index (κ1) is 32.4. The van der Waals surface area contributed by atoms with E-state index in [0.29, 0.717) is 0 Å². The number of fused-ring (bicyclic) bond motifs is 3. The number of rotatable bonds is 7. The van der Waals surface area contributed by atoms with Crippen LogP contribution in [0.2, 0.25) is 0 Å². The molecular weight excluding hydrogens is 663 g/mol. The van der Waals surface area contributed by atoms with Crippen LogP contribution in [0.1, 0.15) is 0 Å². The molecule has 0 spiro atoms. The van der Waals surface area contributed by atoms with Gasteiger partial charge in [0.1, 0.15) is 0 Å². The number of benzene rings is 10. The van der Waals surface area contributed by atoms with Gasteiger partial charge in [0.25, 0.3) is 0 Å². The Morgan fingerprint density at radius 3 is 1.36 bits per heavy atom. The van der Waals surface area contributed by atoms with E-state index < -0.39 is 0 Å². The molecule has 1 nitrogen and oxygen atoms in total. The van der Waals surface area contributed by atoms with Crippen molar-refractivity contribution in [2.45, 2.75) is 0 Å². The summed E-state index contributed by atoms with van der Waals surface area (Å²) in [5, 5.41) is 7.56. The second kappa shape index (κ2) is 14.0. The minimum atomic E-state index is 1.11. The molecule has 0 atom stereocenters. The van der Waals surface area contributed by atoms with E-state index in [4.69, 9.17) is 0 Å². The average Bonchev–Trinajstić information content (AvgIpc) is 3.26. The fourth-order valence-electron chi connectivity index (χ4n) is 8.23. The van der Waals surface area contributed by atoms with E-state index in [1.54, 1.807) is 0 Å². The average molecular weight is 700 g/mol. The highest BCUT2D eigenvalue weighted by molar-refractivity contribution is 6.11. The van der Waals surface area contributed by atoms with Gasteiger partial charge in [-0.2, -0.15) is 0 Å². The van der Waals surface area contributed by atoms with Crippen LogP contribution >= 0.6 is 0 Å². The maximum atomic E-state index is 2.34. The van der Waals surface area contributed by atoms with E-state index in [2.05, 4.69) is 229 Å². The predicted molar refractivity (Wildman–Crippen MR) is 235 cm³/mol. The van der Waals surface area contributed by atoms with Gasteiger partial charge in [0.05, 0.1) is 0 Å². The van der Waals surface area contributed by atoms with Crippen LogP contribution in [0.25, 0.3) is 76.8 Å². The molecule has 10 aromatic rings. The number of hydrogen-bond donors (Lipinski definition) is 0. The van der Waals surface area contributed by atoms with Gasteiger partial charge in [0.15, 0.2) is 0 Å². The molecule has 0 radical (unpaired) electrons. The molecule has 1 heteroatoms. The summed E-state index contributed by atoms with van der Waals surface area (Å²) in [7, 11) is 0. The third kappa shape index (κ3) is 6.02. The zero-order chi connectivity index (χ0) is 36.6. The van der Waals surface area contributed by atoms with Gasteiger partial charge in [-0.3, -0.25) is 0 Å². The summed E-state index contributed by atoms with van der Waals surface area (Å²) in [6.45, 7) is 0. The van der Waals surface area contributed by atoms with Crippen molar-refractivity contribution >= 4 is 49.4 Å². The first-order valence-corrected chi connectivity index (χ1v) is 18.9. The van der Waals surface area contributed by atoms with Crippen LogP contribution in [-0.4, -0.2) is 0 Å². The quantitative estimate of drug-likeness (QED) is 0.160. The summed E-state index contributed by atoms with van der Waals surface area (Å²) in [5.41, 5.74) is 13.1. The van der Waals surface area contributed by atoms with Crippen molar-refractivity contribution in [3.05, 3.63) is 224 Å². The first-order chi connectivity index (χ1) is 27.3. The monoisotopic (exact) mass is 699 g/mol. The maximum absolute atomic E-state index is 2.34. The highest BCUT2D eigenvalue weighted by Crippen LogP contribution is 2.41. The highest BCUT2D eigenvalue weighted by Gasteiger charge is 2.15. The van der Waals surface area contributed by atoms with Crippen LogP contribution in [0.15, 0.2) is 224 Å². The summed E-state index contributed by atoms with van der Waals surface area (Å²) in [4.78, 5) is 2.33. The molecule has 0 amide bonds. The number of nitrogens with zero attached hydrogens (tertiary/aromatic N) is 1. The number of para-hydroxylation sites is 1. The minimum Gasteiger partial charge on any atom is -0.311 e. The lowest BCUT2D eigenvalue weighted by Crippen LogP contribution is -2.09. The molecule has 0 fully saturated rings. The Morgan fingerprint density at radius 2 is 0.691 bits per heavy atom. The fourth-order valence-corrected chi connectivity index (χ4v) is 8.23. The Balaban J connectivity index is 1.01. The Bertz CT molecular complexity index is 2940. The summed E-state index contributed by atoms with van der Waals surface area (Å²) in [6.07, 6.45) is 0. The largest absolute Gasteiger partial charge is 0.311 e. The first-order valence-electron chi connectivity index (χ1n) is 18.9. The van der Waals surface area contributed by atoms with Crippen molar-refractivity contribution in [3.8, 4) is 44.5 Å². The van der Waals surface area contributed by atoms with Crippen LogP contribution in [0.5, 0.6) is 0 Å².